The molecule has 132 valence electrons. The molecule has 1 amide bonds. The number of amides is 1. The first-order valence-electron chi connectivity index (χ1n) is 8.49. The van der Waals surface area contributed by atoms with E-state index < -0.39 is 0 Å². The number of aryl methyl sites for hydroxylation is 2. The van der Waals surface area contributed by atoms with Crippen LogP contribution in [0.2, 0.25) is 0 Å². The van der Waals surface area contributed by atoms with E-state index in [9.17, 15) is 4.79 Å². The fourth-order valence-electron chi connectivity index (χ4n) is 5.31. The van der Waals surface area contributed by atoms with Crippen LogP contribution >= 0.6 is 59.1 Å². The average Bonchev–Trinajstić information content (AvgIpc) is 3.14. The van der Waals surface area contributed by atoms with E-state index in [-0.39, 0.29) is 30.7 Å². The molecule has 4 aliphatic rings. The molecule has 1 heterocycles. The lowest BCUT2D eigenvalue weighted by molar-refractivity contribution is -0.155. The van der Waals surface area contributed by atoms with Crippen LogP contribution in [-0.4, -0.2) is 19.5 Å². The summed E-state index contributed by atoms with van der Waals surface area (Å²) in [6.07, 6.45) is 6.57. The number of aromatic nitrogens is 1. The summed E-state index contributed by atoms with van der Waals surface area (Å²) < 4.78 is 0.201. The van der Waals surface area contributed by atoms with Crippen molar-refractivity contribution in [3.8, 4) is 0 Å². The molecule has 0 aromatic carbocycles. The summed E-state index contributed by atoms with van der Waals surface area (Å²) in [5.74, 6) is 0.134. The summed E-state index contributed by atoms with van der Waals surface area (Å²) in [6, 6.07) is 0. The summed E-state index contributed by atoms with van der Waals surface area (Å²) in [4.78, 5) is 19.5. The summed E-state index contributed by atoms with van der Waals surface area (Å²) in [5, 5.41) is 3.96. The molecular weight excluding hydrogens is 520 g/mol. The molecule has 2 bridgehead atoms. The van der Waals surface area contributed by atoms with Gasteiger partial charge in [-0.3, -0.25) is 4.79 Å². The molecule has 0 aliphatic heterocycles. The first kappa shape index (κ1) is 17.9. The molecule has 5 rings (SSSR count). The van der Waals surface area contributed by atoms with Crippen LogP contribution in [0.15, 0.2) is 0 Å². The predicted octanol–water partition coefficient (Wildman–Crippen LogP) is 5.65. The van der Waals surface area contributed by atoms with Crippen molar-refractivity contribution in [1.82, 2.24) is 4.98 Å². The lowest BCUT2D eigenvalue weighted by atomic mass is 9.43. The largest absolute Gasteiger partial charge is 0.301 e. The molecular formula is C17H21Br3N2OS. The topological polar surface area (TPSA) is 42.0 Å². The van der Waals surface area contributed by atoms with Crippen molar-refractivity contribution >= 4 is 70.2 Å². The SMILES string of the molecule is CC1(C)[C@@]2(C(=O)Nc3nc4c(s3)CCCC4)CC[C@@]1(C(Br)Br)[C@@H]2Br. The fourth-order valence-corrected chi connectivity index (χ4v) is 11.3. The lowest BCUT2D eigenvalue weighted by Crippen LogP contribution is -2.71. The highest BCUT2D eigenvalue weighted by molar-refractivity contribution is 9.24. The van der Waals surface area contributed by atoms with Gasteiger partial charge < -0.3 is 5.32 Å². The smallest absolute Gasteiger partial charge is 0.234 e. The van der Waals surface area contributed by atoms with Gasteiger partial charge in [-0.05, 0) is 43.9 Å². The summed E-state index contributed by atoms with van der Waals surface area (Å²) in [5.41, 5.74) is 0.821. The zero-order chi connectivity index (χ0) is 17.3. The number of rotatable bonds is 3. The normalized spacial score (nSPS) is 36.3. The molecule has 0 unspecified atom stereocenters. The minimum absolute atomic E-state index is 0.0620. The number of hydrogen-bond acceptors (Lipinski definition) is 3. The number of hydrogen-bond donors (Lipinski definition) is 1. The number of thiazole rings is 1. The molecule has 3 atom stereocenters. The van der Waals surface area contributed by atoms with E-state index in [1.807, 2.05) is 0 Å². The third-order valence-electron chi connectivity index (χ3n) is 6.96. The van der Waals surface area contributed by atoms with Gasteiger partial charge in [0.15, 0.2) is 5.13 Å². The highest BCUT2D eigenvalue weighted by Gasteiger charge is 2.83. The Bertz CT molecular complexity index is 681. The third kappa shape index (κ3) is 1.99. The molecule has 24 heavy (non-hydrogen) atoms. The third-order valence-corrected chi connectivity index (χ3v) is 11.3. The Morgan fingerprint density at radius 3 is 2.58 bits per heavy atom. The van der Waals surface area contributed by atoms with Crippen molar-refractivity contribution < 1.29 is 4.79 Å². The summed E-state index contributed by atoms with van der Waals surface area (Å²) >= 11 is 13.0. The Morgan fingerprint density at radius 2 is 2.00 bits per heavy atom. The number of anilines is 1. The van der Waals surface area contributed by atoms with E-state index in [0.29, 0.717) is 0 Å². The first-order chi connectivity index (χ1) is 11.3. The van der Waals surface area contributed by atoms with Crippen molar-refractivity contribution in [1.29, 1.82) is 0 Å². The summed E-state index contributed by atoms with van der Waals surface area (Å²) in [7, 11) is 0. The van der Waals surface area contributed by atoms with Crippen LogP contribution in [0.25, 0.3) is 0 Å². The standard InChI is InChI=1S/C17H21Br3N2OS/c1-15(2)16(12(19)20)7-8-17(15,11(16)18)13(23)22-14-21-9-5-3-4-6-10(9)24-14/h11-12H,3-8H2,1-2H3,(H,21,22,23)/t11-,16-,17-/m0/s1. The number of alkyl halides is 3. The Kier molecular flexibility index (Phi) is 4.31. The van der Waals surface area contributed by atoms with E-state index in [4.69, 9.17) is 0 Å². The molecule has 1 aromatic heterocycles. The quantitative estimate of drug-likeness (QED) is 0.504. The van der Waals surface area contributed by atoms with Crippen molar-refractivity contribution in [3.05, 3.63) is 10.6 Å². The van der Waals surface area contributed by atoms with Crippen LogP contribution in [0, 0.1) is 16.2 Å². The monoisotopic (exact) mass is 538 g/mol. The van der Waals surface area contributed by atoms with Crippen molar-refractivity contribution in [2.24, 2.45) is 16.2 Å². The molecule has 1 aromatic rings. The first-order valence-corrected chi connectivity index (χ1v) is 12.1. The Morgan fingerprint density at radius 1 is 1.29 bits per heavy atom. The van der Waals surface area contributed by atoms with Gasteiger partial charge in [-0.2, -0.15) is 0 Å². The second kappa shape index (κ2) is 5.77. The molecule has 0 radical (unpaired) electrons. The minimum Gasteiger partial charge on any atom is -0.301 e. The molecule has 1 N–H and O–H groups in total. The molecule has 0 spiro atoms. The Labute approximate surface area is 172 Å². The van der Waals surface area contributed by atoms with Crippen LogP contribution in [0.5, 0.6) is 0 Å². The zero-order valence-electron chi connectivity index (χ0n) is 13.8. The van der Waals surface area contributed by atoms with Gasteiger partial charge in [0.25, 0.3) is 0 Å². The van der Waals surface area contributed by atoms with Crippen LogP contribution < -0.4 is 5.32 Å². The van der Waals surface area contributed by atoms with Gasteiger partial charge in [0.1, 0.15) is 0 Å². The number of halogens is 3. The minimum atomic E-state index is -0.362. The van der Waals surface area contributed by atoms with Crippen molar-refractivity contribution in [2.45, 2.75) is 60.9 Å². The Balaban J connectivity index is 1.60. The number of carbonyl (C=O) groups is 1. The van der Waals surface area contributed by atoms with E-state index in [1.165, 1.54) is 23.4 Å². The second-order valence-electron chi connectivity index (χ2n) is 7.85. The van der Waals surface area contributed by atoms with Crippen LogP contribution in [0.1, 0.15) is 50.1 Å². The second-order valence-corrected chi connectivity index (χ2v) is 12.9. The van der Waals surface area contributed by atoms with Gasteiger partial charge >= 0.3 is 0 Å². The number of fused-ring (bicyclic) bond motifs is 2. The maximum absolute atomic E-state index is 13.3. The highest BCUT2D eigenvalue weighted by atomic mass is 79.9. The average molecular weight is 541 g/mol. The van der Waals surface area contributed by atoms with Crippen molar-refractivity contribution in [2.75, 3.05) is 5.32 Å². The maximum atomic E-state index is 13.3. The number of nitrogens with one attached hydrogen (secondary N) is 1. The van der Waals surface area contributed by atoms with Gasteiger partial charge in [0.2, 0.25) is 5.91 Å². The van der Waals surface area contributed by atoms with Crippen molar-refractivity contribution in [3.63, 3.8) is 0 Å². The van der Waals surface area contributed by atoms with Gasteiger partial charge in [-0.1, -0.05) is 61.6 Å². The molecule has 3 saturated carbocycles. The lowest BCUT2D eigenvalue weighted by Gasteiger charge is -2.66. The van der Waals surface area contributed by atoms with Gasteiger partial charge in [-0.15, -0.1) is 11.3 Å². The molecule has 3 fully saturated rings. The van der Waals surface area contributed by atoms with Crippen LogP contribution in [0.4, 0.5) is 5.13 Å². The Hall–Kier alpha value is 0.540. The van der Waals surface area contributed by atoms with Gasteiger partial charge in [-0.25, -0.2) is 4.98 Å². The summed E-state index contributed by atoms with van der Waals surface area (Å²) in [6.45, 7) is 4.47. The van der Waals surface area contributed by atoms with Crippen LogP contribution in [0.3, 0.4) is 0 Å². The number of carbonyl (C=O) groups excluding carboxylic acids is 1. The predicted molar refractivity (Wildman–Crippen MR) is 110 cm³/mol. The molecule has 4 aliphatic carbocycles. The highest BCUT2D eigenvalue weighted by Crippen LogP contribution is 2.82. The number of nitrogens with zero attached hydrogens (tertiary/aromatic N) is 1. The van der Waals surface area contributed by atoms with Gasteiger partial charge in [0, 0.05) is 15.1 Å². The zero-order valence-corrected chi connectivity index (χ0v) is 19.4. The van der Waals surface area contributed by atoms with Crippen LogP contribution in [-0.2, 0) is 17.6 Å². The molecule has 0 saturated heterocycles. The van der Waals surface area contributed by atoms with E-state index in [1.54, 1.807) is 11.3 Å². The maximum Gasteiger partial charge on any atom is 0.234 e. The van der Waals surface area contributed by atoms with E-state index in [0.717, 1.165) is 30.8 Å². The molecule has 3 nitrogen and oxygen atoms in total. The molecule has 7 heteroatoms. The van der Waals surface area contributed by atoms with E-state index in [2.05, 4.69) is 71.9 Å². The van der Waals surface area contributed by atoms with Gasteiger partial charge in [0.05, 0.1) is 14.8 Å². The fraction of sp³-hybridized carbons (Fsp3) is 0.765. The van der Waals surface area contributed by atoms with E-state index >= 15 is 0 Å².